The minimum atomic E-state index is -0.913. The molecule has 0 spiro atoms. The molecule has 3 aromatic carbocycles. The molecule has 2 aliphatic heterocycles. The molecule has 0 aromatic heterocycles. The number of alkyl carbamates (subject to hydrolysis) is 3. The number of halogens is 2. The number of esters is 4. The number of carbonyl (C=O) groups is 9. The lowest BCUT2D eigenvalue weighted by Crippen LogP contribution is -2.46. The molecule has 3 aromatic rings. The van der Waals surface area contributed by atoms with Crippen LogP contribution in [0, 0.1) is 23.7 Å². The Bertz CT molecular complexity index is 2380. The molecule has 2 saturated heterocycles. The molecule has 2 fully saturated rings. The number of aldehydes is 1. The second kappa shape index (κ2) is 52.2. The summed E-state index contributed by atoms with van der Waals surface area (Å²) >= 11 is 4.50. The van der Waals surface area contributed by atoms with E-state index < -0.39 is 60.3 Å². The van der Waals surface area contributed by atoms with Crippen LogP contribution in [0.4, 0.5) is 14.4 Å². The highest BCUT2D eigenvalue weighted by molar-refractivity contribution is 14.1. The van der Waals surface area contributed by atoms with Crippen LogP contribution >= 0.6 is 45.2 Å². The van der Waals surface area contributed by atoms with Gasteiger partial charge in [0, 0.05) is 16.9 Å². The van der Waals surface area contributed by atoms with Gasteiger partial charge in [-0.2, -0.15) is 0 Å². The maximum absolute atomic E-state index is 11.8. The van der Waals surface area contributed by atoms with Crippen molar-refractivity contribution in [3.05, 3.63) is 130 Å². The second-order valence-electron chi connectivity index (χ2n) is 19.3. The first-order chi connectivity index (χ1) is 42.1. The highest BCUT2D eigenvalue weighted by atomic mass is 127. The second-order valence-corrected chi connectivity index (χ2v) is 20.9. The zero-order valence-corrected chi connectivity index (χ0v) is 55.9. The van der Waals surface area contributed by atoms with Crippen molar-refractivity contribution >= 4 is 99.6 Å². The normalized spacial score (nSPS) is 17.5. The molecular weight excluding hydrogens is 1380 g/mol. The number of aliphatic carboxylic acids is 1. The summed E-state index contributed by atoms with van der Waals surface area (Å²) in [7, 11) is 5.23. The fraction of sp³-hybridized carbons (Fsp3) is 0.492. The first-order valence-electron chi connectivity index (χ1n) is 27.8. The largest absolute Gasteiger partial charge is 0.480 e. The molecule has 3 amide bonds. The Labute approximate surface area is 543 Å². The van der Waals surface area contributed by atoms with Crippen LogP contribution < -0.4 is 26.6 Å². The third-order valence-corrected chi connectivity index (χ3v) is 14.4. The molecular formula is C61H89I2N5O20. The van der Waals surface area contributed by atoms with Gasteiger partial charge in [0.2, 0.25) is 0 Å². The minimum Gasteiger partial charge on any atom is -0.480 e. The van der Waals surface area contributed by atoms with E-state index >= 15 is 0 Å². The van der Waals surface area contributed by atoms with E-state index in [1.165, 1.54) is 28.4 Å². The van der Waals surface area contributed by atoms with Crippen molar-refractivity contribution in [2.45, 2.75) is 130 Å². The van der Waals surface area contributed by atoms with Crippen molar-refractivity contribution in [3.8, 4) is 0 Å². The van der Waals surface area contributed by atoms with Gasteiger partial charge in [0.15, 0.2) is 0 Å². The highest BCUT2D eigenvalue weighted by Crippen LogP contribution is 2.22. The number of carbonyl (C=O) groups excluding carboxylic acids is 8. The highest BCUT2D eigenvalue weighted by Gasteiger charge is 2.35. The first-order valence-corrected chi connectivity index (χ1v) is 30.6. The summed E-state index contributed by atoms with van der Waals surface area (Å²) in [5.41, 5.74) is 2.60. The molecule has 0 bridgehead atoms. The van der Waals surface area contributed by atoms with E-state index in [-0.39, 0.29) is 56.1 Å². The molecule has 0 aliphatic carbocycles. The van der Waals surface area contributed by atoms with Crippen LogP contribution in [0.2, 0.25) is 0 Å². The van der Waals surface area contributed by atoms with Gasteiger partial charge in [0.05, 0.1) is 28.4 Å². The molecule has 8 N–H and O–H groups in total. The summed E-state index contributed by atoms with van der Waals surface area (Å²) in [5.74, 6) is -2.25. The zero-order valence-electron chi connectivity index (χ0n) is 51.6. The van der Waals surface area contributed by atoms with Gasteiger partial charge < -0.3 is 69.6 Å². The number of hydrogen-bond acceptors (Lipinski definition) is 21. The summed E-state index contributed by atoms with van der Waals surface area (Å²) in [6, 6.07) is 25.5. The Hall–Kier alpha value is -6.77. The molecule has 492 valence electrons. The number of alkyl halides is 1. The molecule has 1 unspecified atom stereocenters. The molecule has 25 nitrogen and oxygen atoms in total. The van der Waals surface area contributed by atoms with Gasteiger partial charge in [0.25, 0.3) is 0 Å². The Morgan fingerprint density at radius 1 is 0.659 bits per heavy atom. The third-order valence-electron chi connectivity index (χ3n) is 12.6. The number of rotatable bonds is 22. The molecule has 0 radical (unpaired) electrons. The summed E-state index contributed by atoms with van der Waals surface area (Å²) in [4.78, 5) is 102. The van der Waals surface area contributed by atoms with Gasteiger partial charge in [-0.1, -0.05) is 188 Å². The van der Waals surface area contributed by atoms with Crippen LogP contribution in [0.5, 0.6) is 0 Å². The lowest BCUT2D eigenvalue weighted by atomic mass is 9.98. The van der Waals surface area contributed by atoms with E-state index in [0.29, 0.717) is 37.0 Å². The molecule has 10 atom stereocenters. The fourth-order valence-corrected chi connectivity index (χ4v) is 8.35. The molecule has 5 rings (SSSR count). The maximum Gasteiger partial charge on any atom is 0.408 e. The predicted octanol–water partition coefficient (Wildman–Crippen LogP) is 9.14. The number of carboxylic acid groups (broad SMARTS) is 1. The Balaban J connectivity index is 0. The van der Waals surface area contributed by atoms with Gasteiger partial charge >= 0.3 is 48.1 Å². The quantitative estimate of drug-likeness (QED) is 0.00679. The van der Waals surface area contributed by atoms with Crippen LogP contribution in [-0.2, 0) is 86.8 Å². The summed E-state index contributed by atoms with van der Waals surface area (Å²) in [5, 5.41) is 37.6. The smallest absolute Gasteiger partial charge is 0.408 e. The lowest BCUT2D eigenvalue weighted by molar-refractivity contribution is -0.465. The topological polar surface area (TPSA) is 348 Å². The number of carboxylic acids is 1. The number of nitrogens with one attached hydrogen (secondary N) is 5. The average molecular weight is 1470 g/mol. The summed E-state index contributed by atoms with van der Waals surface area (Å²) in [6.07, 6.45) is 5.59. The SMILES string of the molecule is C/C=C\I.C=CC[C@H](C)[C@H](NC(=O)OCc1ccccc1)C(=O)OC.CC[C@H](NC(=O)OCc1ccccc1)C(=O)OC.COC(=O)[C@@H](NC(=O)OCc1ccccc1)[C@@H](C)CC=O.COC(=O)[C@H]1NC(CI)C[C@@H]1C.C[C@H]1CCN[C@@H]1C(=O)O.OOO. The van der Waals surface area contributed by atoms with Crippen molar-refractivity contribution in [1.82, 2.24) is 26.6 Å². The van der Waals surface area contributed by atoms with Gasteiger partial charge in [-0.25, -0.2) is 39.3 Å². The van der Waals surface area contributed by atoms with E-state index in [0.717, 1.165) is 40.5 Å². The van der Waals surface area contributed by atoms with Crippen molar-refractivity contribution in [3.63, 3.8) is 0 Å². The lowest BCUT2D eigenvalue weighted by Gasteiger charge is -2.21. The first kappa shape index (κ1) is 83.3. The maximum atomic E-state index is 11.8. The van der Waals surface area contributed by atoms with Gasteiger partial charge in [-0.15, -0.1) is 6.58 Å². The van der Waals surface area contributed by atoms with E-state index in [1.807, 2.05) is 122 Å². The standard InChI is InChI=1S/C16H21NO4.C15H19NO5.C13H17NO4.C8H14INO2.C6H11NO2.C3H5I.H2O3/c1-4-8-12(2)14(15(18)20-3)17-16(19)21-11-13-9-6-5-7-10-13;1-11(8-9-17)13(14(18)20-2)16-15(19)21-10-12-6-4-3-5-7-12;1-3-11(12(15)17-2)14-13(16)18-9-10-7-5-4-6-8-10;1-5-3-6(4-9)10-7(5)8(11)12-2;1-4-2-3-7-5(4)6(8)9;1-2-3-4;1-3-2/h4-7,9-10,12,14H,1,8,11H2,2-3H3,(H,17,19);3-7,9,11,13H,8,10H2,1-2H3,(H,16,19);4-8,11H,3,9H2,1-2H3,(H,14,16);5-7,10H,3-4H2,1-2H3;4-5,7H,2-3H2,1H3,(H,8,9);2-3H,1H3;1-2H/b;;;;;3-2-;/t12-,14-;11-,13-;11-;5-,6?,7-;4-,5-;;/m00000../s1. The monoisotopic (exact) mass is 1470 g/mol. The molecule has 2 heterocycles. The number of allylic oxidation sites excluding steroid dienone is 2. The number of ether oxygens (including phenoxy) is 7. The third kappa shape index (κ3) is 37.8. The van der Waals surface area contributed by atoms with E-state index in [1.54, 1.807) is 19.9 Å². The van der Waals surface area contributed by atoms with Crippen molar-refractivity contribution in [1.29, 1.82) is 0 Å². The molecule has 27 heteroatoms. The Morgan fingerprint density at radius 3 is 1.34 bits per heavy atom. The van der Waals surface area contributed by atoms with Crippen LogP contribution in [0.25, 0.3) is 0 Å². The van der Waals surface area contributed by atoms with E-state index in [2.05, 4.69) is 99.8 Å². The Kier molecular flexibility index (Phi) is 49.4. The number of hydrogen-bond donors (Lipinski definition) is 8. The average Bonchev–Trinajstić information content (AvgIpc) is 4.23. The van der Waals surface area contributed by atoms with Gasteiger partial charge in [-0.3, -0.25) is 9.59 Å². The van der Waals surface area contributed by atoms with Crippen LogP contribution in [0.15, 0.2) is 114 Å². The number of amides is 3. The minimum absolute atomic E-state index is 0.0882. The number of benzene rings is 3. The number of methoxy groups -OCH3 is 4. The van der Waals surface area contributed by atoms with Crippen LogP contribution in [0.1, 0.15) is 90.3 Å². The fourth-order valence-electron chi connectivity index (χ4n) is 7.74. The molecule has 0 saturated carbocycles. The van der Waals surface area contributed by atoms with Gasteiger partial charge in [0.1, 0.15) is 56.3 Å². The van der Waals surface area contributed by atoms with Gasteiger partial charge in [-0.05, 0) is 83.6 Å². The summed E-state index contributed by atoms with van der Waals surface area (Å²) < 4.78 is 36.7. The molecule has 2 aliphatic rings. The predicted molar refractivity (Wildman–Crippen MR) is 345 cm³/mol. The van der Waals surface area contributed by atoms with Crippen LogP contribution in [0.3, 0.4) is 0 Å². The van der Waals surface area contributed by atoms with Crippen molar-refractivity contribution in [2.24, 2.45) is 23.7 Å². The zero-order chi connectivity index (χ0) is 66.8. The van der Waals surface area contributed by atoms with Crippen LogP contribution in [-0.4, -0.2) is 146 Å². The van der Waals surface area contributed by atoms with E-state index in [9.17, 15) is 43.2 Å². The van der Waals surface area contributed by atoms with Crippen molar-refractivity contribution in [2.75, 3.05) is 39.4 Å². The van der Waals surface area contributed by atoms with E-state index in [4.69, 9.17) is 39.3 Å². The van der Waals surface area contributed by atoms with Crippen molar-refractivity contribution < 1.29 is 97.0 Å². The Morgan fingerprint density at radius 2 is 1.06 bits per heavy atom. The summed E-state index contributed by atoms with van der Waals surface area (Å²) in [6.45, 7) is 16.2. The molecule has 88 heavy (non-hydrogen) atoms.